The van der Waals surface area contributed by atoms with Crippen molar-refractivity contribution in [2.24, 2.45) is 0 Å². The molecular formula is C8H17NO. The second kappa shape index (κ2) is 6.75. The van der Waals surface area contributed by atoms with Crippen LogP contribution in [-0.2, 0) is 4.79 Å². The van der Waals surface area contributed by atoms with Crippen molar-refractivity contribution in [2.75, 3.05) is 13.1 Å². The summed E-state index contributed by atoms with van der Waals surface area (Å²) in [6.45, 7) is 5.56. The lowest BCUT2D eigenvalue weighted by Crippen LogP contribution is -2.23. The zero-order valence-electron chi connectivity index (χ0n) is 6.94. The summed E-state index contributed by atoms with van der Waals surface area (Å²) in [7, 11) is 0. The van der Waals surface area contributed by atoms with Crippen molar-refractivity contribution in [2.45, 2.75) is 33.1 Å². The van der Waals surface area contributed by atoms with Gasteiger partial charge in [-0.25, -0.2) is 0 Å². The van der Waals surface area contributed by atoms with Crippen LogP contribution in [0.1, 0.15) is 33.1 Å². The van der Waals surface area contributed by atoms with Gasteiger partial charge in [-0.05, 0) is 13.0 Å². The van der Waals surface area contributed by atoms with Crippen LogP contribution in [-0.4, -0.2) is 18.9 Å². The van der Waals surface area contributed by atoms with E-state index in [-0.39, 0.29) is 0 Å². The minimum Gasteiger partial charge on any atom is -0.310 e. The molecule has 0 saturated carbocycles. The van der Waals surface area contributed by atoms with Gasteiger partial charge in [-0.3, -0.25) is 4.79 Å². The highest BCUT2D eigenvalue weighted by Gasteiger charge is 1.94. The number of Topliss-reactive ketones (excluding diaryl/α,β-unsaturated/α-hetero) is 1. The predicted molar refractivity (Wildman–Crippen MR) is 43.1 cm³/mol. The lowest BCUT2D eigenvalue weighted by molar-refractivity contribution is -0.117. The van der Waals surface area contributed by atoms with E-state index in [0.29, 0.717) is 18.7 Å². The van der Waals surface area contributed by atoms with E-state index in [1.54, 1.807) is 0 Å². The number of carbonyl (C=O) groups excluding carboxylic acids is 1. The Morgan fingerprint density at radius 2 is 2.10 bits per heavy atom. The average molecular weight is 143 g/mol. The largest absolute Gasteiger partial charge is 0.310 e. The smallest absolute Gasteiger partial charge is 0.146 e. The van der Waals surface area contributed by atoms with Gasteiger partial charge in [0.25, 0.3) is 0 Å². The van der Waals surface area contributed by atoms with Crippen LogP contribution in [0.5, 0.6) is 0 Å². The van der Waals surface area contributed by atoms with Crippen molar-refractivity contribution in [3.05, 3.63) is 0 Å². The molecule has 0 aromatic rings. The first-order valence-corrected chi connectivity index (χ1v) is 4.03. The first-order chi connectivity index (χ1) is 4.81. The molecule has 0 rings (SSSR count). The molecule has 1 N–H and O–H groups in total. The molecule has 0 aliphatic carbocycles. The fourth-order valence-electron chi connectivity index (χ4n) is 0.655. The zero-order valence-corrected chi connectivity index (χ0v) is 6.94. The summed E-state index contributed by atoms with van der Waals surface area (Å²) in [5.74, 6) is 0.302. The SMILES string of the molecule is CCCCNCC(=O)CC. The van der Waals surface area contributed by atoms with Crippen LogP contribution in [0.4, 0.5) is 0 Å². The maximum absolute atomic E-state index is 10.7. The van der Waals surface area contributed by atoms with Crippen molar-refractivity contribution in [3.63, 3.8) is 0 Å². The molecule has 60 valence electrons. The lowest BCUT2D eigenvalue weighted by atomic mass is 10.3. The molecule has 0 aromatic carbocycles. The predicted octanol–water partition coefficient (Wildman–Crippen LogP) is 1.36. The average Bonchev–Trinajstić information content (AvgIpc) is 1.98. The highest BCUT2D eigenvalue weighted by Crippen LogP contribution is 1.83. The van der Waals surface area contributed by atoms with Crippen molar-refractivity contribution >= 4 is 5.78 Å². The van der Waals surface area contributed by atoms with E-state index >= 15 is 0 Å². The number of hydrogen-bond donors (Lipinski definition) is 1. The lowest BCUT2D eigenvalue weighted by Gasteiger charge is -1.99. The van der Waals surface area contributed by atoms with Gasteiger partial charge in [0, 0.05) is 6.42 Å². The molecule has 0 aliphatic heterocycles. The fourth-order valence-corrected chi connectivity index (χ4v) is 0.655. The number of nitrogens with one attached hydrogen (secondary N) is 1. The Morgan fingerprint density at radius 3 is 2.60 bits per heavy atom. The van der Waals surface area contributed by atoms with Crippen LogP contribution >= 0.6 is 0 Å². The van der Waals surface area contributed by atoms with Crippen molar-refractivity contribution < 1.29 is 4.79 Å². The number of carbonyl (C=O) groups is 1. The van der Waals surface area contributed by atoms with Gasteiger partial charge in [0.1, 0.15) is 5.78 Å². The molecule has 0 saturated heterocycles. The molecule has 0 aromatic heterocycles. The Labute approximate surface area is 63.0 Å². The summed E-state index contributed by atoms with van der Waals surface area (Å²) >= 11 is 0. The molecule has 0 radical (unpaired) electrons. The Hall–Kier alpha value is -0.370. The molecule has 0 heterocycles. The van der Waals surface area contributed by atoms with Crippen molar-refractivity contribution in [1.82, 2.24) is 5.32 Å². The minimum absolute atomic E-state index is 0.302. The summed E-state index contributed by atoms with van der Waals surface area (Å²) in [6.07, 6.45) is 3.00. The van der Waals surface area contributed by atoms with Crippen LogP contribution < -0.4 is 5.32 Å². The van der Waals surface area contributed by atoms with Gasteiger partial charge in [0.15, 0.2) is 0 Å². The number of rotatable bonds is 6. The second-order valence-corrected chi connectivity index (χ2v) is 2.42. The Kier molecular flexibility index (Phi) is 6.50. The van der Waals surface area contributed by atoms with Crippen LogP contribution in [0.25, 0.3) is 0 Å². The van der Waals surface area contributed by atoms with Crippen LogP contribution in [0.2, 0.25) is 0 Å². The quantitative estimate of drug-likeness (QED) is 0.569. The zero-order chi connectivity index (χ0) is 7.82. The number of hydrogen-bond acceptors (Lipinski definition) is 2. The van der Waals surface area contributed by atoms with E-state index in [9.17, 15) is 4.79 Å². The third-order valence-corrected chi connectivity index (χ3v) is 1.42. The minimum atomic E-state index is 0.302. The van der Waals surface area contributed by atoms with E-state index < -0.39 is 0 Å². The number of unbranched alkanes of at least 4 members (excludes halogenated alkanes) is 1. The van der Waals surface area contributed by atoms with Gasteiger partial charge in [-0.15, -0.1) is 0 Å². The van der Waals surface area contributed by atoms with Gasteiger partial charge in [0.05, 0.1) is 6.54 Å². The van der Waals surface area contributed by atoms with E-state index in [1.165, 1.54) is 6.42 Å². The third-order valence-electron chi connectivity index (χ3n) is 1.42. The molecule has 0 aliphatic rings. The molecule has 0 spiro atoms. The molecular weight excluding hydrogens is 126 g/mol. The fraction of sp³-hybridized carbons (Fsp3) is 0.875. The molecule has 0 unspecified atom stereocenters. The molecule has 0 bridgehead atoms. The van der Waals surface area contributed by atoms with E-state index in [0.717, 1.165) is 13.0 Å². The molecule has 0 fully saturated rings. The summed E-state index contributed by atoms with van der Waals surface area (Å²) in [4.78, 5) is 10.7. The first kappa shape index (κ1) is 9.63. The van der Waals surface area contributed by atoms with Crippen LogP contribution in [0.3, 0.4) is 0 Å². The Morgan fingerprint density at radius 1 is 1.40 bits per heavy atom. The van der Waals surface area contributed by atoms with Gasteiger partial charge in [-0.1, -0.05) is 20.3 Å². The maximum Gasteiger partial charge on any atom is 0.146 e. The number of ketones is 1. The monoisotopic (exact) mass is 143 g/mol. The van der Waals surface area contributed by atoms with E-state index in [1.807, 2.05) is 6.92 Å². The van der Waals surface area contributed by atoms with Crippen molar-refractivity contribution in [3.8, 4) is 0 Å². The van der Waals surface area contributed by atoms with Crippen LogP contribution in [0.15, 0.2) is 0 Å². The van der Waals surface area contributed by atoms with Crippen molar-refractivity contribution in [1.29, 1.82) is 0 Å². The summed E-state index contributed by atoms with van der Waals surface area (Å²) < 4.78 is 0. The van der Waals surface area contributed by atoms with Gasteiger partial charge >= 0.3 is 0 Å². The van der Waals surface area contributed by atoms with Gasteiger partial charge in [-0.2, -0.15) is 0 Å². The van der Waals surface area contributed by atoms with E-state index in [4.69, 9.17) is 0 Å². The molecule has 10 heavy (non-hydrogen) atoms. The highest BCUT2D eigenvalue weighted by atomic mass is 16.1. The summed E-state index contributed by atoms with van der Waals surface area (Å²) in [5, 5.41) is 3.09. The Bertz CT molecular complexity index is 91.3. The summed E-state index contributed by atoms with van der Waals surface area (Å²) in [5.41, 5.74) is 0. The molecule has 0 atom stereocenters. The molecule has 0 amide bonds. The Balaban J connectivity index is 2.96. The van der Waals surface area contributed by atoms with Gasteiger partial charge < -0.3 is 5.32 Å². The molecule has 2 heteroatoms. The van der Waals surface area contributed by atoms with Crippen LogP contribution in [0, 0.1) is 0 Å². The third kappa shape index (κ3) is 5.76. The highest BCUT2D eigenvalue weighted by molar-refractivity contribution is 5.79. The topological polar surface area (TPSA) is 29.1 Å². The second-order valence-electron chi connectivity index (χ2n) is 2.42. The van der Waals surface area contributed by atoms with Gasteiger partial charge in [0.2, 0.25) is 0 Å². The normalized spacial score (nSPS) is 9.80. The van der Waals surface area contributed by atoms with E-state index in [2.05, 4.69) is 12.2 Å². The maximum atomic E-state index is 10.7. The summed E-state index contributed by atoms with van der Waals surface area (Å²) in [6, 6.07) is 0. The standard InChI is InChI=1S/C8H17NO/c1-3-5-6-9-7-8(10)4-2/h9H,3-7H2,1-2H3. The molecule has 2 nitrogen and oxygen atoms in total. The first-order valence-electron chi connectivity index (χ1n) is 4.03.